The molecule has 6 nitrogen and oxygen atoms in total. The lowest BCUT2D eigenvalue weighted by molar-refractivity contribution is -0.120. The average molecular weight is 309 g/mol. The standard InChI is InChI=1S/C17H15N3O3/c18-16-19-15(21)14(13-9-5-2-6-10-13)20(16)17(22)23-11-12-7-3-1-4-8-12/h1-10,14H,11H2,(H2,18,19,21). The zero-order valence-corrected chi connectivity index (χ0v) is 12.3. The van der Waals surface area contributed by atoms with Crippen LogP contribution >= 0.6 is 0 Å². The van der Waals surface area contributed by atoms with Gasteiger partial charge in [-0.25, -0.2) is 9.69 Å². The molecule has 2 N–H and O–H groups in total. The van der Waals surface area contributed by atoms with Crippen LogP contribution in [0.1, 0.15) is 17.2 Å². The number of hydrogen-bond donors (Lipinski definition) is 1. The van der Waals surface area contributed by atoms with Crippen molar-refractivity contribution < 1.29 is 14.3 Å². The summed E-state index contributed by atoms with van der Waals surface area (Å²) in [7, 11) is 0. The summed E-state index contributed by atoms with van der Waals surface area (Å²) in [4.78, 5) is 29.2. The summed E-state index contributed by atoms with van der Waals surface area (Å²) < 4.78 is 5.26. The highest BCUT2D eigenvalue weighted by Gasteiger charge is 2.40. The summed E-state index contributed by atoms with van der Waals surface area (Å²) in [6, 6.07) is 17.3. The van der Waals surface area contributed by atoms with Crippen LogP contribution in [0.15, 0.2) is 65.7 Å². The van der Waals surface area contributed by atoms with Crippen LogP contribution in [0.4, 0.5) is 4.79 Å². The van der Waals surface area contributed by atoms with E-state index >= 15 is 0 Å². The number of nitrogens with zero attached hydrogens (tertiary/aromatic N) is 2. The van der Waals surface area contributed by atoms with Crippen molar-refractivity contribution in [1.29, 1.82) is 0 Å². The van der Waals surface area contributed by atoms with E-state index in [0.717, 1.165) is 10.5 Å². The molecule has 1 unspecified atom stereocenters. The number of ether oxygens (including phenoxy) is 1. The molecule has 3 rings (SSSR count). The zero-order chi connectivity index (χ0) is 16.2. The molecule has 116 valence electrons. The summed E-state index contributed by atoms with van der Waals surface area (Å²) in [5, 5.41) is 0. The minimum absolute atomic E-state index is 0.0964. The van der Waals surface area contributed by atoms with Gasteiger partial charge in [0, 0.05) is 0 Å². The van der Waals surface area contributed by atoms with Gasteiger partial charge < -0.3 is 10.5 Å². The Morgan fingerprint density at radius 1 is 1.09 bits per heavy atom. The second-order valence-corrected chi connectivity index (χ2v) is 5.03. The highest BCUT2D eigenvalue weighted by atomic mass is 16.6. The topological polar surface area (TPSA) is 85.0 Å². The molecule has 23 heavy (non-hydrogen) atoms. The summed E-state index contributed by atoms with van der Waals surface area (Å²) >= 11 is 0. The van der Waals surface area contributed by atoms with Gasteiger partial charge in [0.2, 0.25) is 5.96 Å². The van der Waals surface area contributed by atoms with E-state index in [-0.39, 0.29) is 12.6 Å². The number of hydrogen-bond acceptors (Lipinski definition) is 4. The van der Waals surface area contributed by atoms with Crippen molar-refractivity contribution in [3.05, 3.63) is 71.8 Å². The van der Waals surface area contributed by atoms with Crippen molar-refractivity contribution in [2.45, 2.75) is 12.6 Å². The lowest BCUT2D eigenvalue weighted by atomic mass is 10.1. The zero-order valence-electron chi connectivity index (χ0n) is 12.3. The van der Waals surface area contributed by atoms with Crippen LogP contribution in [0.2, 0.25) is 0 Å². The van der Waals surface area contributed by atoms with Gasteiger partial charge in [-0.05, 0) is 11.1 Å². The number of aliphatic imine (C=N–C) groups is 1. The van der Waals surface area contributed by atoms with Crippen LogP contribution in [0.25, 0.3) is 0 Å². The Balaban J connectivity index is 1.77. The van der Waals surface area contributed by atoms with Crippen LogP contribution in [-0.2, 0) is 16.1 Å². The molecule has 6 heteroatoms. The van der Waals surface area contributed by atoms with Gasteiger partial charge >= 0.3 is 6.09 Å². The van der Waals surface area contributed by atoms with Crippen molar-refractivity contribution in [1.82, 2.24) is 4.90 Å². The van der Waals surface area contributed by atoms with Crippen LogP contribution in [-0.4, -0.2) is 22.9 Å². The fourth-order valence-corrected chi connectivity index (χ4v) is 2.39. The number of carbonyl (C=O) groups is 2. The molecule has 1 atom stereocenters. The molecule has 0 saturated heterocycles. The summed E-state index contributed by atoms with van der Waals surface area (Å²) in [5.74, 6) is -0.632. The summed E-state index contributed by atoms with van der Waals surface area (Å²) in [6.45, 7) is 0.0964. The number of guanidine groups is 1. The molecule has 1 aliphatic heterocycles. The molecule has 2 amide bonds. The Morgan fingerprint density at radius 3 is 2.35 bits per heavy atom. The van der Waals surface area contributed by atoms with Gasteiger partial charge in [-0.3, -0.25) is 4.79 Å². The first-order valence-electron chi connectivity index (χ1n) is 7.09. The first-order chi connectivity index (χ1) is 11.2. The molecule has 2 aromatic rings. The fraction of sp³-hybridized carbons (Fsp3) is 0.118. The van der Waals surface area contributed by atoms with Crippen LogP contribution in [0.5, 0.6) is 0 Å². The molecule has 0 bridgehead atoms. The maximum absolute atomic E-state index is 12.3. The minimum atomic E-state index is -0.875. The van der Waals surface area contributed by atoms with Crippen molar-refractivity contribution in [2.24, 2.45) is 10.7 Å². The average Bonchev–Trinajstić information content (AvgIpc) is 2.88. The van der Waals surface area contributed by atoms with Crippen molar-refractivity contribution in [2.75, 3.05) is 0 Å². The van der Waals surface area contributed by atoms with E-state index in [0.29, 0.717) is 5.56 Å². The highest BCUT2D eigenvalue weighted by Crippen LogP contribution is 2.27. The number of benzene rings is 2. The van der Waals surface area contributed by atoms with Gasteiger partial charge in [-0.15, -0.1) is 0 Å². The Hall–Kier alpha value is -3.15. The lowest BCUT2D eigenvalue weighted by Crippen LogP contribution is -2.41. The first kappa shape index (κ1) is 14.8. The maximum Gasteiger partial charge on any atom is 0.418 e. The second-order valence-electron chi connectivity index (χ2n) is 5.03. The van der Waals surface area contributed by atoms with E-state index in [9.17, 15) is 9.59 Å². The van der Waals surface area contributed by atoms with E-state index in [1.165, 1.54) is 0 Å². The van der Waals surface area contributed by atoms with E-state index in [2.05, 4.69) is 4.99 Å². The Labute approximate surface area is 133 Å². The Kier molecular flexibility index (Phi) is 4.05. The molecule has 0 aliphatic carbocycles. The summed E-state index contributed by atoms with van der Waals surface area (Å²) in [5.41, 5.74) is 7.20. The number of amides is 2. The number of nitrogens with two attached hydrogens (primary N) is 1. The third-order valence-electron chi connectivity index (χ3n) is 3.48. The molecule has 0 saturated carbocycles. The van der Waals surface area contributed by atoms with Crippen molar-refractivity contribution in [3.8, 4) is 0 Å². The first-order valence-corrected chi connectivity index (χ1v) is 7.09. The smallest absolute Gasteiger partial charge is 0.418 e. The predicted molar refractivity (Wildman–Crippen MR) is 84.3 cm³/mol. The minimum Gasteiger partial charge on any atom is -0.444 e. The second kappa shape index (κ2) is 6.31. The van der Waals surface area contributed by atoms with Gasteiger partial charge in [-0.1, -0.05) is 60.7 Å². The van der Waals surface area contributed by atoms with Crippen molar-refractivity contribution in [3.63, 3.8) is 0 Å². The molecule has 2 aromatic carbocycles. The van der Waals surface area contributed by atoms with Crippen LogP contribution in [0.3, 0.4) is 0 Å². The molecular formula is C17H15N3O3. The molecule has 1 heterocycles. The molecule has 1 aliphatic rings. The normalized spacial score (nSPS) is 17.0. The fourth-order valence-electron chi connectivity index (χ4n) is 2.39. The van der Waals surface area contributed by atoms with Gasteiger partial charge in [0.1, 0.15) is 12.6 Å². The largest absolute Gasteiger partial charge is 0.444 e. The molecular weight excluding hydrogens is 294 g/mol. The lowest BCUT2D eigenvalue weighted by Gasteiger charge is -2.22. The molecule has 0 aromatic heterocycles. The maximum atomic E-state index is 12.3. The van der Waals surface area contributed by atoms with Gasteiger partial charge in [0.25, 0.3) is 5.91 Å². The third-order valence-corrected chi connectivity index (χ3v) is 3.48. The van der Waals surface area contributed by atoms with E-state index in [1.54, 1.807) is 24.3 Å². The molecule has 0 fully saturated rings. The van der Waals surface area contributed by atoms with Gasteiger partial charge in [-0.2, -0.15) is 4.99 Å². The monoisotopic (exact) mass is 309 g/mol. The predicted octanol–water partition coefficient (Wildman–Crippen LogP) is 2.22. The van der Waals surface area contributed by atoms with E-state index in [4.69, 9.17) is 10.5 Å². The van der Waals surface area contributed by atoms with Gasteiger partial charge in [0.05, 0.1) is 0 Å². The summed E-state index contributed by atoms with van der Waals surface area (Å²) in [6.07, 6.45) is -0.699. The van der Waals surface area contributed by atoms with E-state index in [1.807, 2.05) is 36.4 Å². The van der Waals surface area contributed by atoms with Crippen LogP contribution in [0, 0.1) is 0 Å². The SMILES string of the molecule is NC1=NC(=O)C(c2ccccc2)N1C(=O)OCc1ccccc1. The Bertz CT molecular complexity index is 744. The molecule has 0 spiro atoms. The highest BCUT2D eigenvalue weighted by molar-refractivity contribution is 6.09. The number of carbonyl (C=O) groups excluding carboxylic acids is 2. The Morgan fingerprint density at radius 2 is 1.70 bits per heavy atom. The molecule has 0 radical (unpaired) electrons. The number of rotatable bonds is 3. The van der Waals surface area contributed by atoms with Crippen molar-refractivity contribution >= 4 is 18.0 Å². The van der Waals surface area contributed by atoms with E-state index < -0.39 is 18.0 Å². The van der Waals surface area contributed by atoms with Gasteiger partial charge in [0.15, 0.2) is 0 Å². The van der Waals surface area contributed by atoms with Crippen LogP contribution < -0.4 is 5.73 Å². The quantitative estimate of drug-likeness (QED) is 0.942. The third kappa shape index (κ3) is 3.06.